The number of nitrogens with two attached hydrogens (primary N) is 1. The zero-order chi connectivity index (χ0) is 16.8. The summed E-state index contributed by atoms with van der Waals surface area (Å²) in [6, 6.07) is 3.15. The zero-order valence-corrected chi connectivity index (χ0v) is 13.4. The van der Waals surface area contributed by atoms with Crippen LogP contribution in [0.15, 0.2) is 23.1 Å². The number of hydrogen-bond acceptors (Lipinski definition) is 6. The molecule has 1 rings (SSSR count). The van der Waals surface area contributed by atoms with Crippen molar-refractivity contribution in [3.8, 4) is 5.75 Å². The van der Waals surface area contributed by atoms with Gasteiger partial charge in [-0.3, -0.25) is 10.1 Å². The Kier molecular flexibility index (Phi) is 6.72. The molecule has 124 valence electrons. The van der Waals surface area contributed by atoms with E-state index in [9.17, 15) is 18.5 Å². The molecule has 0 bridgehead atoms. The van der Waals surface area contributed by atoms with Crippen molar-refractivity contribution in [1.82, 2.24) is 4.72 Å². The van der Waals surface area contributed by atoms with E-state index in [0.29, 0.717) is 6.42 Å². The Bertz CT molecular complexity index is 618. The second-order valence-corrected chi connectivity index (χ2v) is 6.47. The number of sulfonamides is 1. The Morgan fingerprint density at radius 1 is 1.45 bits per heavy atom. The second kappa shape index (κ2) is 8.06. The Morgan fingerprint density at radius 3 is 2.64 bits per heavy atom. The largest absolute Gasteiger partial charge is 0.497 e. The number of methoxy groups -OCH3 is 1. The molecular weight excluding hydrogens is 310 g/mol. The summed E-state index contributed by atoms with van der Waals surface area (Å²) in [5.41, 5.74) is 5.03. The highest BCUT2D eigenvalue weighted by molar-refractivity contribution is 7.89. The van der Waals surface area contributed by atoms with Gasteiger partial charge in [-0.25, -0.2) is 13.1 Å². The molecule has 1 unspecified atom stereocenters. The van der Waals surface area contributed by atoms with Crippen molar-refractivity contribution >= 4 is 15.7 Å². The fourth-order valence-corrected chi connectivity index (χ4v) is 3.39. The molecule has 3 N–H and O–H groups in total. The lowest BCUT2D eigenvalue weighted by Gasteiger charge is -2.16. The number of ether oxygens (including phenoxy) is 1. The molecule has 0 amide bonds. The van der Waals surface area contributed by atoms with Crippen molar-refractivity contribution in [1.29, 1.82) is 0 Å². The maximum Gasteiger partial charge on any atom is 0.293 e. The van der Waals surface area contributed by atoms with E-state index in [1.807, 2.05) is 6.92 Å². The van der Waals surface area contributed by atoms with Crippen LogP contribution in [0.4, 0.5) is 5.69 Å². The van der Waals surface area contributed by atoms with Crippen molar-refractivity contribution in [2.45, 2.75) is 37.1 Å². The fourth-order valence-electron chi connectivity index (χ4n) is 1.95. The third-order valence-corrected chi connectivity index (χ3v) is 4.73. The molecule has 0 radical (unpaired) electrons. The first-order valence-electron chi connectivity index (χ1n) is 6.90. The summed E-state index contributed by atoms with van der Waals surface area (Å²) in [7, 11) is -2.68. The number of nitro benzene ring substituents is 1. The number of nitrogens with zero attached hydrogens (tertiary/aromatic N) is 1. The maximum absolute atomic E-state index is 12.4. The molecule has 0 aliphatic carbocycles. The Hall–Kier alpha value is -1.71. The highest BCUT2D eigenvalue weighted by Crippen LogP contribution is 2.28. The fraction of sp³-hybridized carbons (Fsp3) is 0.538. The van der Waals surface area contributed by atoms with Gasteiger partial charge in [0.25, 0.3) is 5.69 Å². The molecule has 8 nitrogen and oxygen atoms in total. The lowest BCUT2D eigenvalue weighted by molar-refractivity contribution is -0.387. The monoisotopic (exact) mass is 331 g/mol. The molecule has 1 aromatic carbocycles. The summed E-state index contributed by atoms with van der Waals surface area (Å²) in [6.45, 7) is 2.11. The first kappa shape index (κ1) is 18.3. The summed E-state index contributed by atoms with van der Waals surface area (Å²) in [5, 5.41) is 11.1. The molecular formula is C13H21N3O5S. The van der Waals surface area contributed by atoms with E-state index < -0.39 is 31.6 Å². The summed E-state index contributed by atoms with van der Waals surface area (Å²) >= 11 is 0. The third kappa shape index (κ3) is 4.65. The lowest BCUT2D eigenvalue weighted by atomic mass is 10.1. The summed E-state index contributed by atoms with van der Waals surface area (Å²) in [4.78, 5) is 9.95. The number of benzene rings is 1. The number of nitro groups is 1. The van der Waals surface area contributed by atoms with Crippen LogP contribution in [0.2, 0.25) is 0 Å². The molecule has 0 aliphatic rings. The Balaban J connectivity index is 3.13. The van der Waals surface area contributed by atoms with E-state index in [0.717, 1.165) is 25.0 Å². The lowest BCUT2D eigenvalue weighted by Crippen LogP contribution is -2.40. The van der Waals surface area contributed by atoms with Crippen molar-refractivity contribution < 1.29 is 18.1 Å². The molecule has 0 saturated carbocycles. The van der Waals surface area contributed by atoms with E-state index in [2.05, 4.69) is 4.72 Å². The highest BCUT2D eigenvalue weighted by Gasteiger charge is 2.28. The first-order valence-corrected chi connectivity index (χ1v) is 8.38. The van der Waals surface area contributed by atoms with Crippen molar-refractivity contribution in [2.24, 2.45) is 5.73 Å². The second-order valence-electron chi connectivity index (χ2n) is 4.79. The molecule has 0 aromatic heterocycles. The van der Waals surface area contributed by atoms with E-state index in [1.165, 1.54) is 13.2 Å². The minimum atomic E-state index is -4.03. The van der Waals surface area contributed by atoms with Gasteiger partial charge in [0.1, 0.15) is 5.75 Å². The number of unbranched alkanes of at least 4 members (excludes halogenated alkanes) is 1. The molecule has 0 spiro atoms. The molecule has 22 heavy (non-hydrogen) atoms. The standard InChI is InChI=1S/C13H21N3O5S/c1-3-4-5-10(9-14)15-22(19,20)13-7-6-11(21-2)8-12(13)16(17)18/h6-8,10,15H,3-5,9,14H2,1-2H3. The summed E-state index contributed by atoms with van der Waals surface area (Å²) < 4.78 is 32.1. The summed E-state index contributed by atoms with van der Waals surface area (Å²) in [5.74, 6) is 0.215. The highest BCUT2D eigenvalue weighted by atomic mass is 32.2. The first-order chi connectivity index (χ1) is 10.4. The van der Waals surface area contributed by atoms with Gasteiger partial charge in [0, 0.05) is 12.6 Å². The van der Waals surface area contributed by atoms with Gasteiger partial charge in [0.05, 0.1) is 18.1 Å². The normalized spacial score (nSPS) is 12.9. The average molecular weight is 331 g/mol. The number of hydrogen-bond donors (Lipinski definition) is 2. The van der Waals surface area contributed by atoms with Crippen LogP contribution < -0.4 is 15.2 Å². The quantitative estimate of drug-likeness (QED) is 0.520. The smallest absolute Gasteiger partial charge is 0.293 e. The van der Waals surface area contributed by atoms with Gasteiger partial charge < -0.3 is 10.5 Å². The van der Waals surface area contributed by atoms with Crippen LogP contribution in [0.5, 0.6) is 5.75 Å². The number of nitrogens with one attached hydrogen (secondary N) is 1. The van der Waals surface area contributed by atoms with Crippen LogP contribution in [-0.4, -0.2) is 33.0 Å². The minimum absolute atomic E-state index is 0.128. The van der Waals surface area contributed by atoms with Crippen LogP contribution in [-0.2, 0) is 10.0 Å². The van der Waals surface area contributed by atoms with Crippen LogP contribution >= 0.6 is 0 Å². The van der Waals surface area contributed by atoms with Gasteiger partial charge in [-0.1, -0.05) is 19.8 Å². The molecule has 0 fully saturated rings. The van der Waals surface area contributed by atoms with E-state index in [-0.39, 0.29) is 12.3 Å². The minimum Gasteiger partial charge on any atom is -0.497 e. The Morgan fingerprint density at radius 2 is 2.14 bits per heavy atom. The molecule has 1 atom stereocenters. The van der Waals surface area contributed by atoms with Crippen molar-refractivity contribution in [3.05, 3.63) is 28.3 Å². The summed E-state index contributed by atoms with van der Waals surface area (Å²) in [6.07, 6.45) is 2.30. The average Bonchev–Trinajstić information content (AvgIpc) is 2.50. The predicted molar refractivity (Wildman–Crippen MR) is 82.3 cm³/mol. The van der Waals surface area contributed by atoms with Gasteiger partial charge in [0.2, 0.25) is 10.0 Å². The topological polar surface area (TPSA) is 125 Å². The van der Waals surface area contributed by atoms with Gasteiger partial charge in [-0.05, 0) is 18.6 Å². The van der Waals surface area contributed by atoms with Gasteiger partial charge >= 0.3 is 0 Å². The van der Waals surface area contributed by atoms with E-state index in [1.54, 1.807) is 0 Å². The van der Waals surface area contributed by atoms with E-state index in [4.69, 9.17) is 10.5 Å². The van der Waals surface area contributed by atoms with Crippen LogP contribution in [0.25, 0.3) is 0 Å². The van der Waals surface area contributed by atoms with Gasteiger partial charge in [0.15, 0.2) is 4.90 Å². The zero-order valence-electron chi connectivity index (χ0n) is 12.6. The Labute approximate surface area is 129 Å². The van der Waals surface area contributed by atoms with Crippen LogP contribution in [0.3, 0.4) is 0 Å². The van der Waals surface area contributed by atoms with Crippen molar-refractivity contribution in [3.63, 3.8) is 0 Å². The maximum atomic E-state index is 12.4. The van der Waals surface area contributed by atoms with E-state index >= 15 is 0 Å². The molecule has 0 saturated heterocycles. The van der Waals surface area contributed by atoms with Crippen LogP contribution in [0, 0.1) is 10.1 Å². The predicted octanol–water partition coefficient (Wildman–Crippen LogP) is 1.40. The van der Waals surface area contributed by atoms with Gasteiger partial charge in [-0.15, -0.1) is 0 Å². The molecule has 1 aromatic rings. The number of rotatable bonds is 9. The molecule has 0 heterocycles. The van der Waals surface area contributed by atoms with Crippen molar-refractivity contribution in [2.75, 3.05) is 13.7 Å². The SMILES string of the molecule is CCCCC(CN)NS(=O)(=O)c1ccc(OC)cc1[N+](=O)[O-]. The third-order valence-electron chi connectivity index (χ3n) is 3.16. The molecule has 9 heteroatoms. The van der Waals surface area contributed by atoms with Crippen LogP contribution in [0.1, 0.15) is 26.2 Å². The molecule has 0 aliphatic heterocycles. The van der Waals surface area contributed by atoms with Gasteiger partial charge in [-0.2, -0.15) is 0 Å².